The number of rotatable bonds is 5. The van der Waals surface area contributed by atoms with Crippen LogP contribution in [0.5, 0.6) is 5.75 Å². The zero-order valence-electron chi connectivity index (χ0n) is 11.8. The van der Waals surface area contributed by atoms with E-state index < -0.39 is 6.10 Å². The van der Waals surface area contributed by atoms with Crippen LogP contribution in [0.4, 0.5) is 0 Å². The van der Waals surface area contributed by atoms with Gasteiger partial charge in [0.25, 0.3) is 0 Å². The predicted octanol–water partition coefficient (Wildman–Crippen LogP) is 3.35. The fourth-order valence-corrected chi connectivity index (χ4v) is 2.94. The number of aliphatic hydroxyl groups is 1. The second kappa shape index (κ2) is 5.96. The molecule has 2 aliphatic rings. The summed E-state index contributed by atoms with van der Waals surface area (Å²) < 4.78 is 5.71. The Labute approximate surface area is 120 Å². The molecule has 0 aromatic heterocycles. The predicted molar refractivity (Wildman–Crippen MR) is 77.0 cm³/mol. The third-order valence-corrected chi connectivity index (χ3v) is 4.31. The average Bonchev–Trinajstić information content (AvgIpc) is 3.31. The molecule has 1 aromatic rings. The van der Waals surface area contributed by atoms with E-state index in [-0.39, 0.29) is 11.7 Å². The molecule has 0 bridgehead atoms. The summed E-state index contributed by atoms with van der Waals surface area (Å²) in [6.07, 6.45) is 7.07. The number of carbonyl (C=O) groups excluding carboxylic acids is 1. The first-order valence-electron chi connectivity index (χ1n) is 7.73. The van der Waals surface area contributed by atoms with Gasteiger partial charge < -0.3 is 9.84 Å². The van der Waals surface area contributed by atoms with Crippen LogP contribution in [0, 0.1) is 5.92 Å². The van der Waals surface area contributed by atoms with Gasteiger partial charge in [-0.05, 0) is 43.7 Å². The first kappa shape index (κ1) is 13.6. The highest BCUT2D eigenvalue weighted by Gasteiger charge is 2.29. The number of ketones is 1. The molecule has 2 aliphatic carbocycles. The van der Waals surface area contributed by atoms with Gasteiger partial charge in [0.05, 0.1) is 6.10 Å². The molecule has 0 spiro atoms. The van der Waals surface area contributed by atoms with Crippen molar-refractivity contribution in [2.24, 2.45) is 5.92 Å². The van der Waals surface area contributed by atoms with E-state index in [0.29, 0.717) is 11.7 Å². The summed E-state index contributed by atoms with van der Waals surface area (Å²) >= 11 is 0. The lowest BCUT2D eigenvalue weighted by Crippen LogP contribution is -2.31. The zero-order chi connectivity index (χ0) is 13.9. The third-order valence-electron chi connectivity index (χ3n) is 4.31. The van der Waals surface area contributed by atoms with Gasteiger partial charge in [0.2, 0.25) is 0 Å². The van der Waals surface area contributed by atoms with Gasteiger partial charge in [-0.1, -0.05) is 31.4 Å². The first-order chi connectivity index (χ1) is 9.74. The number of Topliss-reactive ketones (excluding diaryl/α,β-unsaturated/α-hetero) is 1. The zero-order valence-corrected chi connectivity index (χ0v) is 11.8. The molecule has 3 rings (SSSR count). The van der Waals surface area contributed by atoms with Crippen molar-refractivity contribution in [1.29, 1.82) is 0 Å². The molecule has 0 amide bonds. The van der Waals surface area contributed by atoms with Gasteiger partial charge in [-0.15, -0.1) is 0 Å². The number of benzene rings is 1. The normalized spacial score (nSPS) is 21.4. The number of carbonyl (C=O) groups is 1. The number of hydrogen-bond acceptors (Lipinski definition) is 3. The monoisotopic (exact) mass is 274 g/mol. The maximum Gasteiger partial charge on any atom is 0.191 e. The molecule has 1 aromatic carbocycles. The second-order valence-corrected chi connectivity index (χ2v) is 6.05. The minimum atomic E-state index is -0.855. The van der Waals surface area contributed by atoms with Crippen molar-refractivity contribution in [2.45, 2.75) is 57.2 Å². The summed E-state index contributed by atoms with van der Waals surface area (Å²) in [5.41, 5.74) is 0.571. The van der Waals surface area contributed by atoms with Crippen LogP contribution in [0.25, 0.3) is 0 Å². The van der Waals surface area contributed by atoms with Crippen LogP contribution in [0.2, 0.25) is 0 Å². The van der Waals surface area contributed by atoms with E-state index in [4.69, 9.17) is 4.74 Å². The van der Waals surface area contributed by atoms with Gasteiger partial charge in [0.1, 0.15) is 11.9 Å². The molecule has 3 nitrogen and oxygen atoms in total. The standard InChI is InChI=1S/C17H22O3/c18-16(12-5-2-1-3-6-12)17(19)13-7-4-8-15(11-13)20-14-9-10-14/h4,7-8,11-12,14,16,18H,1-3,5-6,9-10H2. The fraction of sp³-hybridized carbons (Fsp3) is 0.588. The van der Waals surface area contributed by atoms with Crippen molar-refractivity contribution in [2.75, 3.05) is 0 Å². The second-order valence-electron chi connectivity index (χ2n) is 6.05. The Bertz CT molecular complexity index is 473. The molecule has 1 N–H and O–H groups in total. The number of aliphatic hydroxyl groups excluding tert-OH is 1. The molecule has 2 saturated carbocycles. The Morgan fingerprint density at radius 1 is 1.15 bits per heavy atom. The molecule has 1 atom stereocenters. The smallest absolute Gasteiger partial charge is 0.191 e. The van der Waals surface area contributed by atoms with Gasteiger partial charge in [0.15, 0.2) is 5.78 Å². The van der Waals surface area contributed by atoms with Gasteiger partial charge >= 0.3 is 0 Å². The van der Waals surface area contributed by atoms with Gasteiger partial charge in [-0.25, -0.2) is 0 Å². The summed E-state index contributed by atoms with van der Waals surface area (Å²) in [5.74, 6) is 0.719. The Balaban J connectivity index is 1.68. The molecule has 0 saturated heterocycles. The molecule has 1 unspecified atom stereocenters. The van der Waals surface area contributed by atoms with Crippen molar-refractivity contribution in [3.8, 4) is 5.75 Å². The van der Waals surface area contributed by atoms with E-state index in [1.54, 1.807) is 12.1 Å². The first-order valence-corrected chi connectivity index (χ1v) is 7.73. The summed E-state index contributed by atoms with van der Waals surface area (Å²) in [5, 5.41) is 10.3. The van der Waals surface area contributed by atoms with Crippen molar-refractivity contribution in [3.63, 3.8) is 0 Å². The van der Waals surface area contributed by atoms with Crippen molar-refractivity contribution in [1.82, 2.24) is 0 Å². The third kappa shape index (κ3) is 3.21. The largest absolute Gasteiger partial charge is 0.490 e. The summed E-state index contributed by atoms with van der Waals surface area (Å²) in [4.78, 5) is 12.4. The van der Waals surface area contributed by atoms with Crippen molar-refractivity contribution in [3.05, 3.63) is 29.8 Å². The molecular weight excluding hydrogens is 252 g/mol. The number of hydrogen-bond donors (Lipinski definition) is 1. The molecule has 20 heavy (non-hydrogen) atoms. The van der Waals surface area contributed by atoms with Gasteiger partial charge in [-0.2, -0.15) is 0 Å². The van der Waals surface area contributed by atoms with Crippen molar-refractivity contribution >= 4 is 5.78 Å². The average molecular weight is 274 g/mol. The Morgan fingerprint density at radius 3 is 2.60 bits per heavy atom. The van der Waals surface area contributed by atoms with E-state index >= 15 is 0 Å². The Morgan fingerprint density at radius 2 is 1.90 bits per heavy atom. The van der Waals surface area contributed by atoms with Gasteiger partial charge in [-0.3, -0.25) is 4.79 Å². The maximum absolute atomic E-state index is 12.4. The molecule has 0 aliphatic heterocycles. The highest BCUT2D eigenvalue weighted by Crippen LogP contribution is 2.30. The fourth-order valence-electron chi connectivity index (χ4n) is 2.94. The highest BCUT2D eigenvalue weighted by atomic mass is 16.5. The molecule has 3 heteroatoms. The molecule has 108 valence electrons. The molecule has 0 heterocycles. The SMILES string of the molecule is O=C(c1cccc(OC2CC2)c1)C(O)C1CCCCC1. The van der Waals surface area contributed by atoms with Crippen LogP contribution in [0.1, 0.15) is 55.3 Å². The van der Waals surface area contributed by atoms with Gasteiger partial charge in [0, 0.05) is 5.56 Å². The van der Waals surface area contributed by atoms with E-state index in [9.17, 15) is 9.90 Å². The highest BCUT2D eigenvalue weighted by molar-refractivity contribution is 5.99. The molecular formula is C17H22O3. The van der Waals surface area contributed by atoms with Crippen LogP contribution >= 0.6 is 0 Å². The van der Waals surface area contributed by atoms with Crippen LogP contribution < -0.4 is 4.74 Å². The van der Waals surface area contributed by atoms with Crippen LogP contribution in [-0.2, 0) is 0 Å². The minimum Gasteiger partial charge on any atom is -0.490 e. The van der Waals surface area contributed by atoms with Crippen LogP contribution in [-0.4, -0.2) is 23.1 Å². The number of ether oxygens (including phenoxy) is 1. The van der Waals surface area contributed by atoms with E-state index in [0.717, 1.165) is 44.3 Å². The molecule has 2 fully saturated rings. The Kier molecular flexibility index (Phi) is 4.06. The van der Waals surface area contributed by atoms with Crippen LogP contribution in [0.3, 0.4) is 0 Å². The summed E-state index contributed by atoms with van der Waals surface area (Å²) in [6.45, 7) is 0. The lowest BCUT2D eigenvalue weighted by Gasteiger charge is -2.25. The Hall–Kier alpha value is -1.35. The lowest BCUT2D eigenvalue weighted by molar-refractivity contribution is 0.0534. The lowest BCUT2D eigenvalue weighted by atomic mass is 9.82. The van der Waals surface area contributed by atoms with Crippen molar-refractivity contribution < 1.29 is 14.6 Å². The minimum absolute atomic E-state index is 0.129. The van der Waals surface area contributed by atoms with E-state index in [1.165, 1.54) is 6.42 Å². The maximum atomic E-state index is 12.4. The summed E-state index contributed by atoms with van der Waals surface area (Å²) in [7, 11) is 0. The van der Waals surface area contributed by atoms with Crippen LogP contribution in [0.15, 0.2) is 24.3 Å². The van der Waals surface area contributed by atoms with E-state index in [2.05, 4.69) is 0 Å². The summed E-state index contributed by atoms with van der Waals surface area (Å²) in [6, 6.07) is 7.25. The molecule has 0 radical (unpaired) electrons. The van der Waals surface area contributed by atoms with E-state index in [1.807, 2.05) is 12.1 Å². The topological polar surface area (TPSA) is 46.5 Å². The quantitative estimate of drug-likeness (QED) is 0.838.